The van der Waals surface area contributed by atoms with Gasteiger partial charge >= 0.3 is 12.0 Å². The predicted molar refractivity (Wildman–Crippen MR) is 57.6 cm³/mol. The molecule has 8 heteroatoms. The maximum atomic E-state index is 11.6. The Labute approximate surface area is 98.8 Å². The molecule has 1 unspecified atom stereocenters. The molecule has 0 aliphatic rings. The number of hydrogen-bond donors (Lipinski definition) is 4. The van der Waals surface area contributed by atoms with Crippen LogP contribution in [0.1, 0.15) is 0 Å². The molecule has 0 aromatic heterocycles. The number of nitrogens with zero attached hydrogens (tertiary/aromatic N) is 1. The Bertz CT molecular complexity index is 242. The van der Waals surface area contributed by atoms with Gasteiger partial charge < -0.3 is 30.3 Å². The molecule has 0 heterocycles. The van der Waals surface area contributed by atoms with Gasteiger partial charge in [0.15, 0.2) is 6.04 Å². The molecule has 2 amide bonds. The first kappa shape index (κ1) is 15.6. The summed E-state index contributed by atoms with van der Waals surface area (Å²) in [6.45, 7) is -0.657. The van der Waals surface area contributed by atoms with Gasteiger partial charge in [-0.2, -0.15) is 0 Å². The van der Waals surface area contributed by atoms with Crippen LogP contribution in [0.15, 0.2) is 0 Å². The van der Waals surface area contributed by atoms with E-state index >= 15 is 0 Å². The number of urea groups is 1. The lowest BCUT2D eigenvalue weighted by Gasteiger charge is -2.23. The van der Waals surface area contributed by atoms with Gasteiger partial charge in [0.05, 0.1) is 19.8 Å². The van der Waals surface area contributed by atoms with E-state index in [0.29, 0.717) is 0 Å². The molecule has 0 fully saturated rings. The number of aliphatic hydroxyl groups is 2. The molecular weight excluding hydrogens is 232 g/mol. The van der Waals surface area contributed by atoms with Crippen LogP contribution < -0.4 is 5.32 Å². The van der Waals surface area contributed by atoms with Gasteiger partial charge in [-0.3, -0.25) is 0 Å². The van der Waals surface area contributed by atoms with Crippen LogP contribution in [-0.2, 0) is 9.53 Å². The Morgan fingerprint density at radius 2 is 1.82 bits per heavy atom. The minimum atomic E-state index is -1.21. The van der Waals surface area contributed by atoms with Crippen LogP contribution in [0.25, 0.3) is 0 Å². The number of methoxy groups -OCH3 is 1. The number of carbonyl (C=O) groups is 2. The second kappa shape index (κ2) is 8.74. The lowest BCUT2D eigenvalue weighted by Crippen LogP contribution is -2.51. The highest BCUT2D eigenvalue weighted by Gasteiger charge is 2.22. The van der Waals surface area contributed by atoms with Gasteiger partial charge in [-0.1, -0.05) is 0 Å². The number of carboxylic acids is 1. The van der Waals surface area contributed by atoms with Crippen LogP contribution in [0.4, 0.5) is 4.79 Å². The van der Waals surface area contributed by atoms with Crippen molar-refractivity contribution in [1.29, 1.82) is 0 Å². The van der Waals surface area contributed by atoms with Crippen LogP contribution in [0.5, 0.6) is 0 Å². The quantitative estimate of drug-likeness (QED) is 0.399. The van der Waals surface area contributed by atoms with Crippen molar-refractivity contribution in [2.75, 3.05) is 40.0 Å². The first-order chi connectivity index (χ1) is 8.06. The summed E-state index contributed by atoms with van der Waals surface area (Å²) in [6.07, 6.45) is 0. The van der Waals surface area contributed by atoms with Gasteiger partial charge in [0.2, 0.25) is 0 Å². The summed E-state index contributed by atoms with van der Waals surface area (Å²) >= 11 is 0. The molecule has 0 aromatic carbocycles. The monoisotopic (exact) mass is 250 g/mol. The molecule has 0 saturated heterocycles. The van der Waals surface area contributed by atoms with E-state index in [0.717, 1.165) is 4.90 Å². The number of amides is 2. The van der Waals surface area contributed by atoms with Crippen molar-refractivity contribution < 1.29 is 29.6 Å². The molecule has 17 heavy (non-hydrogen) atoms. The third-order valence-electron chi connectivity index (χ3n) is 1.96. The van der Waals surface area contributed by atoms with Crippen molar-refractivity contribution in [2.24, 2.45) is 0 Å². The van der Waals surface area contributed by atoms with E-state index in [1.165, 1.54) is 7.11 Å². The fraction of sp³-hybridized carbons (Fsp3) is 0.778. The molecule has 0 aromatic rings. The van der Waals surface area contributed by atoms with Gasteiger partial charge in [-0.15, -0.1) is 0 Å². The third-order valence-corrected chi connectivity index (χ3v) is 1.96. The van der Waals surface area contributed by atoms with Crippen molar-refractivity contribution in [3.05, 3.63) is 0 Å². The zero-order valence-corrected chi connectivity index (χ0v) is 9.63. The molecular formula is C9H18N2O6. The van der Waals surface area contributed by atoms with Crippen molar-refractivity contribution in [2.45, 2.75) is 6.04 Å². The average molecular weight is 250 g/mol. The smallest absolute Gasteiger partial charge is 0.328 e. The maximum absolute atomic E-state index is 11.6. The number of rotatable bonds is 8. The normalized spacial score (nSPS) is 11.9. The Balaban J connectivity index is 4.38. The van der Waals surface area contributed by atoms with E-state index in [-0.39, 0.29) is 32.9 Å². The number of nitrogens with one attached hydrogen (secondary N) is 1. The number of carboxylic acid groups (broad SMARTS) is 1. The predicted octanol–water partition coefficient (Wildman–Crippen LogP) is -1.92. The van der Waals surface area contributed by atoms with E-state index in [4.69, 9.17) is 15.3 Å². The number of ether oxygens (including phenoxy) is 1. The highest BCUT2D eigenvalue weighted by molar-refractivity contribution is 5.82. The Kier molecular flexibility index (Phi) is 8.03. The Morgan fingerprint density at radius 1 is 1.29 bits per heavy atom. The summed E-state index contributed by atoms with van der Waals surface area (Å²) in [5.41, 5.74) is 0. The summed E-state index contributed by atoms with van der Waals surface area (Å²) in [6, 6.07) is -1.83. The molecule has 0 aliphatic carbocycles. The van der Waals surface area contributed by atoms with Crippen molar-refractivity contribution in [1.82, 2.24) is 10.2 Å². The molecule has 0 saturated carbocycles. The SMILES string of the molecule is COCC(NC(=O)N(CCO)CCO)C(=O)O. The number of carbonyl (C=O) groups excluding carboxylic acids is 1. The first-order valence-corrected chi connectivity index (χ1v) is 5.05. The molecule has 1 atom stereocenters. The summed E-state index contributed by atoms with van der Waals surface area (Å²) in [7, 11) is 1.32. The van der Waals surface area contributed by atoms with Gasteiger partial charge in [0.1, 0.15) is 0 Å². The van der Waals surface area contributed by atoms with Crippen molar-refractivity contribution in [3.8, 4) is 0 Å². The van der Waals surface area contributed by atoms with Crippen molar-refractivity contribution >= 4 is 12.0 Å². The van der Waals surface area contributed by atoms with E-state index in [1.807, 2.05) is 0 Å². The fourth-order valence-electron chi connectivity index (χ4n) is 1.14. The topological polar surface area (TPSA) is 119 Å². The highest BCUT2D eigenvalue weighted by atomic mass is 16.5. The molecule has 0 rings (SSSR count). The van der Waals surface area contributed by atoms with E-state index in [1.54, 1.807) is 0 Å². The summed E-state index contributed by atoms with van der Waals surface area (Å²) < 4.78 is 4.65. The van der Waals surface area contributed by atoms with Gasteiger partial charge in [0, 0.05) is 20.2 Å². The fourth-order valence-corrected chi connectivity index (χ4v) is 1.14. The molecule has 4 N–H and O–H groups in total. The van der Waals surface area contributed by atoms with Crippen LogP contribution >= 0.6 is 0 Å². The third kappa shape index (κ3) is 6.05. The lowest BCUT2D eigenvalue weighted by molar-refractivity contribution is -0.140. The van der Waals surface area contributed by atoms with Gasteiger partial charge in [0.25, 0.3) is 0 Å². The standard InChI is InChI=1S/C9H18N2O6/c1-17-6-7(8(14)15)10-9(16)11(2-4-12)3-5-13/h7,12-13H,2-6H2,1H3,(H,10,16)(H,14,15). The minimum Gasteiger partial charge on any atom is -0.480 e. The zero-order chi connectivity index (χ0) is 13.3. The Hall–Kier alpha value is -1.38. The number of aliphatic hydroxyl groups excluding tert-OH is 2. The number of aliphatic carboxylic acids is 1. The molecule has 0 radical (unpaired) electrons. The van der Waals surface area contributed by atoms with Crippen LogP contribution in [0.3, 0.4) is 0 Å². The summed E-state index contributed by atoms with van der Waals surface area (Å²) in [5.74, 6) is -1.21. The zero-order valence-electron chi connectivity index (χ0n) is 9.63. The summed E-state index contributed by atoms with van der Waals surface area (Å²) in [4.78, 5) is 23.5. The lowest BCUT2D eigenvalue weighted by atomic mass is 10.3. The first-order valence-electron chi connectivity index (χ1n) is 5.05. The molecule has 0 spiro atoms. The molecule has 0 aliphatic heterocycles. The highest BCUT2D eigenvalue weighted by Crippen LogP contribution is 1.93. The second-order valence-corrected chi connectivity index (χ2v) is 3.23. The van der Waals surface area contributed by atoms with E-state index < -0.39 is 18.0 Å². The molecule has 100 valence electrons. The average Bonchev–Trinajstić information content (AvgIpc) is 2.28. The molecule has 8 nitrogen and oxygen atoms in total. The van der Waals surface area contributed by atoms with Gasteiger partial charge in [-0.05, 0) is 0 Å². The number of hydrogen-bond acceptors (Lipinski definition) is 5. The largest absolute Gasteiger partial charge is 0.480 e. The van der Waals surface area contributed by atoms with Crippen LogP contribution in [0, 0.1) is 0 Å². The Morgan fingerprint density at radius 3 is 2.18 bits per heavy atom. The maximum Gasteiger partial charge on any atom is 0.328 e. The summed E-state index contributed by atoms with van der Waals surface area (Å²) in [5, 5.41) is 28.4. The van der Waals surface area contributed by atoms with E-state index in [9.17, 15) is 9.59 Å². The van der Waals surface area contributed by atoms with Crippen LogP contribution in [0.2, 0.25) is 0 Å². The van der Waals surface area contributed by atoms with Crippen LogP contribution in [-0.4, -0.2) is 78.3 Å². The minimum absolute atomic E-state index is 0.0196. The second-order valence-electron chi connectivity index (χ2n) is 3.23. The van der Waals surface area contributed by atoms with E-state index in [2.05, 4.69) is 10.1 Å². The molecule has 0 bridgehead atoms. The van der Waals surface area contributed by atoms with Crippen molar-refractivity contribution in [3.63, 3.8) is 0 Å². The van der Waals surface area contributed by atoms with Gasteiger partial charge in [-0.25, -0.2) is 9.59 Å².